The van der Waals surface area contributed by atoms with Crippen molar-refractivity contribution >= 4 is 0 Å². The zero-order valence-electron chi connectivity index (χ0n) is 13.2. The Hall–Kier alpha value is -0.160. The minimum Gasteiger partial charge on any atom is -0.394 e. The van der Waals surface area contributed by atoms with E-state index in [4.69, 9.17) is 4.74 Å². The molecule has 0 bridgehead atoms. The summed E-state index contributed by atoms with van der Waals surface area (Å²) in [6.07, 6.45) is 8.13. The van der Waals surface area contributed by atoms with Gasteiger partial charge >= 0.3 is 0 Å². The average Bonchev–Trinajstić information content (AvgIpc) is 3.31. The number of rotatable bonds is 9. The van der Waals surface area contributed by atoms with Gasteiger partial charge in [0.25, 0.3) is 0 Å². The van der Waals surface area contributed by atoms with Gasteiger partial charge in [-0.15, -0.1) is 0 Å². The van der Waals surface area contributed by atoms with Gasteiger partial charge in [0.2, 0.25) is 0 Å². The molecule has 1 aliphatic carbocycles. The van der Waals surface area contributed by atoms with Crippen molar-refractivity contribution in [3.8, 4) is 0 Å². The van der Waals surface area contributed by atoms with E-state index in [0.29, 0.717) is 12.1 Å². The van der Waals surface area contributed by atoms with Crippen LogP contribution in [0.3, 0.4) is 0 Å². The Morgan fingerprint density at radius 3 is 2.50 bits per heavy atom. The third-order valence-corrected chi connectivity index (χ3v) is 5.05. The first-order valence-electron chi connectivity index (χ1n) is 8.35. The van der Waals surface area contributed by atoms with Gasteiger partial charge in [-0.3, -0.25) is 0 Å². The van der Waals surface area contributed by atoms with Crippen molar-refractivity contribution < 1.29 is 9.84 Å². The molecule has 2 rings (SSSR count). The fourth-order valence-corrected chi connectivity index (χ4v) is 3.22. The molecule has 4 heteroatoms. The van der Waals surface area contributed by atoms with E-state index in [1.54, 1.807) is 0 Å². The number of aliphatic hydroxyl groups is 1. The van der Waals surface area contributed by atoms with Gasteiger partial charge in [-0.05, 0) is 58.5 Å². The molecule has 2 fully saturated rings. The highest BCUT2D eigenvalue weighted by Gasteiger charge is 2.34. The summed E-state index contributed by atoms with van der Waals surface area (Å²) >= 11 is 0. The smallest absolute Gasteiger partial charge is 0.0613 e. The second-order valence-electron chi connectivity index (χ2n) is 6.64. The van der Waals surface area contributed by atoms with Crippen molar-refractivity contribution in [2.24, 2.45) is 0 Å². The third-order valence-electron chi connectivity index (χ3n) is 5.05. The summed E-state index contributed by atoms with van der Waals surface area (Å²) in [6.45, 7) is 5.40. The Kier molecular flexibility index (Phi) is 6.27. The maximum Gasteiger partial charge on any atom is 0.0613 e. The summed E-state index contributed by atoms with van der Waals surface area (Å²) in [7, 11) is 2.23. The van der Waals surface area contributed by atoms with Gasteiger partial charge in [0.05, 0.1) is 6.61 Å². The van der Waals surface area contributed by atoms with Crippen LogP contribution in [0.5, 0.6) is 0 Å². The lowest BCUT2D eigenvalue weighted by molar-refractivity contribution is 0.0411. The minimum atomic E-state index is -0.0440. The zero-order valence-corrected chi connectivity index (χ0v) is 13.2. The molecule has 4 nitrogen and oxygen atoms in total. The molecule has 0 aromatic heterocycles. The largest absolute Gasteiger partial charge is 0.394 e. The van der Waals surface area contributed by atoms with Crippen molar-refractivity contribution in [3.05, 3.63) is 0 Å². The lowest BCUT2D eigenvalue weighted by Gasteiger charge is -2.35. The first kappa shape index (κ1) is 16.2. The van der Waals surface area contributed by atoms with Gasteiger partial charge in [0.1, 0.15) is 0 Å². The highest BCUT2D eigenvalue weighted by Crippen LogP contribution is 2.27. The fraction of sp³-hybridized carbons (Fsp3) is 1.00. The summed E-state index contributed by atoms with van der Waals surface area (Å²) in [5.41, 5.74) is -0.0440. The van der Waals surface area contributed by atoms with E-state index in [2.05, 4.69) is 24.2 Å². The molecule has 1 atom stereocenters. The van der Waals surface area contributed by atoms with Gasteiger partial charge in [-0.2, -0.15) is 0 Å². The molecular weight excluding hydrogens is 252 g/mol. The maximum atomic E-state index is 9.77. The van der Waals surface area contributed by atoms with Gasteiger partial charge in [-0.25, -0.2) is 0 Å². The fourth-order valence-electron chi connectivity index (χ4n) is 3.22. The number of aliphatic hydroxyl groups excluding tert-OH is 1. The van der Waals surface area contributed by atoms with Gasteiger partial charge in [0, 0.05) is 30.8 Å². The van der Waals surface area contributed by atoms with Crippen LogP contribution in [0.1, 0.15) is 51.9 Å². The zero-order chi connectivity index (χ0) is 14.4. The molecule has 118 valence electrons. The van der Waals surface area contributed by atoms with Crippen molar-refractivity contribution in [2.45, 2.75) is 69.5 Å². The molecule has 0 aromatic rings. The molecule has 0 spiro atoms. The van der Waals surface area contributed by atoms with Crippen LogP contribution in [0.4, 0.5) is 0 Å². The number of ether oxygens (including phenoxy) is 1. The number of hydrogen-bond donors (Lipinski definition) is 2. The molecule has 1 saturated carbocycles. The number of nitrogens with zero attached hydrogens (tertiary/aromatic N) is 1. The highest BCUT2D eigenvalue weighted by atomic mass is 16.5. The van der Waals surface area contributed by atoms with E-state index in [9.17, 15) is 5.11 Å². The molecule has 2 aliphatic rings. The Morgan fingerprint density at radius 1 is 1.25 bits per heavy atom. The summed E-state index contributed by atoms with van der Waals surface area (Å²) in [6, 6.07) is 1.35. The van der Waals surface area contributed by atoms with Crippen LogP contribution in [-0.4, -0.2) is 61.0 Å². The monoisotopic (exact) mass is 284 g/mol. The molecule has 2 N–H and O–H groups in total. The maximum absolute atomic E-state index is 9.77. The molecule has 1 aliphatic heterocycles. The lowest BCUT2D eigenvalue weighted by Crippen LogP contribution is -2.49. The van der Waals surface area contributed by atoms with Crippen LogP contribution in [0.15, 0.2) is 0 Å². The molecular formula is C16H32N2O2. The summed E-state index contributed by atoms with van der Waals surface area (Å²) in [5.74, 6) is 0. The van der Waals surface area contributed by atoms with Crippen molar-refractivity contribution in [3.63, 3.8) is 0 Å². The molecule has 0 radical (unpaired) electrons. The van der Waals surface area contributed by atoms with Crippen LogP contribution < -0.4 is 5.32 Å². The van der Waals surface area contributed by atoms with Crippen LogP contribution in [0.25, 0.3) is 0 Å². The lowest BCUT2D eigenvalue weighted by atomic mass is 9.90. The van der Waals surface area contributed by atoms with E-state index in [0.717, 1.165) is 51.9 Å². The molecule has 1 heterocycles. The quantitative estimate of drug-likeness (QED) is 0.677. The second kappa shape index (κ2) is 7.74. The first-order chi connectivity index (χ1) is 9.69. The van der Waals surface area contributed by atoms with Gasteiger partial charge < -0.3 is 20.1 Å². The minimum absolute atomic E-state index is 0.0440. The van der Waals surface area contributed by atoms with Crippen LogP contribution in [-0.2, 0) is 4.74 Å². The normalized spacial score (nSPS) is 24.0. The van der Waals surface area contributed by atoms with Crippen molar-refractivity contribution in [1.82, 2.24) is 10.2 Å². The SMILES string of the molecule is CCC(CO)(CCCN(C)C1CCOCC1)NC1CC1. The van der Waals surface area contributed by atoms with Gasteiger partial charge in [-0.1, -0.05) is 6.92 Å². The second-order valence-corrected chi connectivity index (χ2v) is 6.64. The first-order valence-corrected chi connectivity index (χ1v) is 8.35. The number of nitrogens with one attached hydrogen (secondary N) is 1. The van der Waals surface area contributed by atoms with Crippen LogP contribution >= 0.6 is 0 Å². The molecule has 0 amide bonds. The van der Waals surface area contributed by atoms with Crippen LogP contribution in [0.2, 0.25) is 0 Å². The average molecular weight is 284 g/mol. The third kappa shape index (κ3) is 4.69. The topological polar surface area (TPSA) is 44.7 Å². The van der Waals surface area contributed by atoms with E-state index >= 15 is 0 Å². The Balaban J connectivity index is 1.71. The molecule has 1 unspecified atom stereocenters. The van der Waals surface area contributed by atoms with E-state index in [1.165, 1.54) is 12.8 Å². The molecule has 20 heavy (non-hydrogen) atoms. The number of hydrogen-bond acceptors (Lipinski definition) is 4. The molecule has 0 aromatic carbocycles. The van der Waals surface area contributed by atoms with Crippen molar-refractivity contribution in [1.29, 1.82) is 0 Å². The van der Waals surface area contributed by atoms with Crippen molar-refractivity contribution in [2.75, 3.05) is 33.4 Å². The standard InChI is InChI=1S/C16H32N2O2/c1-3-16(13-19,17-14-5-6-14)9-4-10-18(2)15-7-11-20-12-8-15/h14-15,17,19H,3-13H2,1-2H3. The van der Waals surface area contributed by atoms with E-state index in [-0.39, 0.29) is 12.1 Å². The summed E-state index contributed by atoms with van der Waals surface area (Å²) in [5, 5.41) is 13.4. The Bertz CT molecular complexity index is 272. The predicted molar refractivity (Wildman–Crippen MR) is 82.0 cm³/mol. The summed E-state index contributed by atoms with van der Waals surface area (Å²) in [4.78, 5) is 2.48. The van der Waals surface area contributed by atoms with E-state index < -0.39 is 0 Å². The van der Waals surface area contributed by atoms with Crippen LogP contribution in [0, 0.1) is 0 Å². The Labute approximate surface area is 123 Å². The van der Waals surface area contributed by atoms with E-state index in [1.807, 2.05) is 0 Å². The highest BCUT2D eigenvalue weighted by molar-refractivity contribution is 4.94. The predicted octanol–water partition coefficient (Wildman–Crippen LogP) is 1.77. The van der Waals surface area contributed by atoms with Gasteiger partial charge in [0.15, 0.2) is 0 Å². The summed E-state index contributed by atoms with van der Waals surface area (Å²) < 4.78 is 5.42. The molecule has 1 saturated heterocycles. The Morgan fingerprint density at radius 2 is 1.95 bits per heavy atom.